The smallest absolute Gasteiger partial charge is 0.324 e. The molecule has 1 atom stereocenters. The Bertz CT molecular complexity index is 694. The van der Waals surface area contributed by atoms with E-state index < -0.39 is 11.2 Å². The van der Waals surface area contributed by atoms with E-state index in [0.29, 0.717) is 16.4 Å². The highest BCUT2D eigenvalue weighted by atomic mass is 32.2. The van der Waals surface area contributed by atoms with Crippen LogP contribution in [0.2, 0.25) is 0 Å². The Balaban J connectivity index is 2.07. The molecule has 0 aromatic heterocycles. The van der Waals surface area contributed by atoms with E-state index in [1.165, 1.54) is 0 Å². The lowest BCUT2D eigenvalue weighted by atomic mass is 10.1. The normalized spacial score (nSPS) is 11.6. The van der Waals surface area contributed by atoms with Crippen molar-refractivity contribution in [3.8, 4) is 11.5 Å². The second-order valence-electron chi connectivity index (χ2n) is 5.00. The summed E-state index contributed by atoms with van der Waals surface area (Å²) in [6.45, 7) is 0. The summed E-state index contributed by atoms with van der Waals surface area (Å²) < 4.78 is 10.1. The molecule has 0 amide bonds. The SMILES string of the molecule is COc1ccc(CC(=O)C(Sc2ccc(OC)cc2)C(=O)O)cc1. The van der Waals surface area contributed by atoms with Gasteiger partial charge >= 0.3 is 5.97 Å². The first kappa shape index (κ1) is 17.9. The number of methoxy groups -OCH3 is 2. The number of carboxylic acids is 1. The summed E-state index contributed by atoms with van der Waals surface area (Å²) >= 11 is 1.02. The lowest BCUT2D eigenvalue weighted by Crippen LogP contribution is -2.28. The zero-order valence-corrected chi connectivity index (χ0v) is 14.2. The van der Waals surface area contributed by atoms with Gasteiger partial charge in [0.2, 0.25) is 0 Å². The maximum Gasteiger partial charge on any atom is 0.324 e. The average Bonchev–Trinajstić information content (AvgIpc) is 2.60. The second kappa shape index (κ2) is 8.40. The van der Waals surface area contributed by atoms with E-state index in [4.69, 9.17) is 9.47 Å². The number of Topliss-reactive ketones (excluding diaryl/α,β-unsaturated/α-hetero) is 1. The van der Waals surface area contributed by atoms with Crippen LogP contribution in [0.1, 0.15) is 5.56 Å². The molecule has 0 bridgehead atoms. The van der Waals surface area contributed by atoms with E-state index in [-0.39, 0.29) is 12.2 Å². The Morgan fingerprint density at radius 2 is 1.46 bits per heavy atom. The standard InChI is InChI=1S/C18H18O5S/c1-22-13-5-3-12(4-6-13)11-16(19)17(18(20)21)24-15-9-7-14(23-2)8-10-15/h3-10,17H,11H2,1-2H3,(H,20,21). The van der Waals surface area contributed by atoms with Crippen LogP contribution in [0, 0.1) is 0 Å². The highest BCUT2D eigenvalue weighted by Crippen LogP contribution is 2.27. The summed E-state index contributed by atoms with van der Waals surface area (Å²) in [4.78, 5) is 24.6. The van der Waals surface area contributed by atoms with Crippen molar-refractivity contribution in [3.05, 3.63) is 54.1 Å². The summed E-state index contributed by atoms with van der Waals surface area (Å²) in [6, 6.07) is 13.9. The van der Waals surface area contributed by atoms with Gasteiger partial charge in [-0.2, -0.15) is 0 Å². The third kappa shape index (κ3) is 4.76. The lowest BCUT2D eigenvalue weighted by molar-refractivity contribution is -0.139. The summed E-state index contributed by atoms with van der Waals surface area (Å²) in [5, 5.41) is 8.23. The Morgan fingerprint density at radius 1 is 0.958 bits per heavy atom. The fraction of sp³-hybridized carbons (Fsp3) is 0.222. The van der Waals surface area contributed by atoms with Crippen molar-refractivity contribution in [1.29, 1.82) is 0 Å². The zero-order valence-electron chi connectivity index (χ0n) is 13.4. The number of ether oxygens (including phenoxy) is 2. The zero-order chi connectivity index (χ0) is 17.5. The van der Waals surface area contributed by atoms with Crippen LogP contribution in [-0.4, -0.2) is 36.3 Å². The molecule has 5 nitrogen and oxygen atoms in total. The van der Waals surface area contributed by atoms with Gasteiger partial charge in [-0.1, -0.05) is 12.1 Å². The third-order valence-corrected chi connectivity index (χ3v) is 4.61. The van der Waals surface area contributed by atoms with Crippen LogP contribution in [0.5, 0.6) is 11.5 Å². The van der Waals surface area contributed by atoms with Gasteiger partial charge in [0.05, 0.1) is 14.2 Å². The minimum absolute atomic E-state index is 0.0596. The predicted molar refractivity (Wildman–Crippen MR) is 92.0 cm³/mol. The van der Waals surface area contributed by atoms with Crippen LogP contribution in [-0.2, 0) is 16.0 Å². The molecule has 0 radical (unpaired) electrons. The predicted octanol–water partition coefficient (Wildman–Crippen LogP) is 3.06. The molecule has 0 saturated heterocycles. The second-order valence-corrected chi connectivity index (χ2v) is 6.18. The number of rotatable bonds is 8. The fourth-order valence-corrected chi connectivity index (χ4v) is 2.96. The largest absolute Gasteiger partial charge is 0.497 e. The van der Waals surface area contributed by atoms with E-state index in [9.17, 15) is 14.7 Å². The number of aliphatic carboxylic acids is 1. The number of carboxylic acid groups (broad SMARTS) is 1. The van der Waals surface area contributed by atoms with Gasteiger partial charge < -0.3 is 14.6 Å². The van der Waals surface area contributed by atoms with E-state index in [1.807, 2.05) is 0 Å². The van der Waals surface area contributed by atoms with Gasteiger partial charge in [-0.3, -0.25) is 9.59 Å². The first-order valence-electron chi connectivity index (χ1n) is 7.22. The topological polar surface area (TPSA) is 72.8 Å². The van der Waals surface area contributed by atoms with Crippen molar-refractivity contribution in [3.63, 3.8) is 0 Å². The molecule has 0 spiro atoms. The maximum atomic E-state index is 12.4. The summed E-state index contributed by atoms with van der Waals surface area (Å²) in [7, 11) is 3.12. The van der Waals surface area contributed by atoms with Gasteiger partial charge in [0.25, 0.3) is 0 Å². The fourth-order valence-electron chi connectivity index (χ4n) is 2.08. The molecule has 6 heteroatoms. The first-order valence-corrected chi connectivity index (χ1v) is 8.10. The molecule has 0 aliphatic rings. The molecule has 0 fully saturated rings. The van der Waals surface area contributed by atoms with Crippen molar-refractivity contribution in [2.45, 2.75) is 16.6 Å². The van der Waals surface area contributed by atoms with Gasteiger partial charge in [0.15, 0.2) is 11.0 Å². The summed E-state index contributed by atoms with van der Waals surface area (Å²) in [5.41, 5.74) is 0.752. The Morgan fingerprint density at radius 3 is 1.92 bits per heavy atom. The number of carbonyl (C=O) groups is 2. The van der Waals surface area contributed by atoms with Gasteiger partial charge in [-0.05, 0) is 42.0 Å². The number of carbonyl (C=O) groups excluding carboxylic acids is 1. The number of ketones is 1. The van der Waals surface area contributed by atoms with E-state index in [2.05, 4.69) is 0 Å². The van der Waals surface area contributed by atoms with Crippen LogP contribution < -0.4 is 9.47 Å². The molecule has 0 aliphatic carbocycles. The van der Waals surface area contributed by atoms with Gasteiger partial charge in [-0.25, -0.2) is 0 Å². The Kier molecular flexibility index (Phi) is 6.26. The molecule has 0 saturated carbocycles. The van der Waals surface area contributed by atoms with Gasteiger partial charge in [0.1, 0.15) is 11.5 Å². The molecule has 126 valence electrons. The lowest BCUT2D eigenvalue weighted by Gasteiger charge is -2.12. The number of thioether (sulfide) groups is 1. The molecule has 1 N–H and O–H groups in total. The van der Waals surface area contributed by atoms with E-state index in [0.717, 1.165) is 17.3 Å². The molecule has 2 aromatic rings. The molecule has 24 heavy (non-hydrogen) atoms. The summed E-state index contributed by atoms with van der Waals surface area (Å²) in [5.74, 6) is -0.132. The van der Waals surface area contributed by atoms with Crippen molar-refractivity contribution in [1.82, 2.24) is 0 Å². The Hall–Kier alpha value is -2.47. The van der Waals surface area contributed by atoms with Crippen LogP contribution in [0.4, 0.5) is 0 Å². The van der Waals surface area contributed by atoms with Crippen molar-refractivity contribution in [2.24, 2.45) is 0 Å². The highest BCUT2D eigenvalue weighted by molar-refractivity contribution is 8.01. The van der Waals surface area contributed by atoms with Crippen LogP contribution >= 0.6 is 11.8 Å². The van der Waals surface area contributed by atoms with Gasteiger partial charge in [0, 0.05) is 11.3 Å². The number of hydrogen-bond donors (Lipinski definition) is 1. The molecule has 0 heterocycles. The number of benzene rings is 2. The van der Waals surface area contributed by atoms with Crippen molar-refractivity contribution >= 4 is 23.5 Å². The number of hydrogen-bond acceptors (Lipinski definition) is 5. The van der Waals surface area contributed by atoms with Crippen LogP contribution in [0.3, 0.4) is 0 Å². The van der Waals surface area contributed by atoms with E-state index >= 15 is 0 Å². The molecule has 2 aromatic carbocycles. The third-order valence-electron chi connectivity index (χ3n) is 3.37. The monoisotopic (exact) mass is 346 g/mol. The molecular weight excluding hydrogens is 328 g/mol. The first-order chi connectivity index (χ1) is 11.5. The molecule has 2 rings (SSSR count). The molecule has 0 aliphatic heterocycles. The van der Waals surface area contributed by atoms with Crippen molar-refractivity contribution < 1.29 is 24.2 Å². The molecule has 1 unspecified atom stereocenters. The molecular formula is C18H18O5S. The van der Waals surface area contributed by atoms with Crippen LogP contribution in [0.15, 0.2) is 53.4 Å². The van der Waals surface area contributed by atoms with E-state index in [1.54, 1.807) is 62.8 Å². The van der Waals surface area contributed by atoms with Gasteiger partial charge in [-0.15, -0.1) is 11.8 Å². The minimum atomic E-state index is -1.15. The average molecular weight is 346 g/mol. The summed E-state index contributed by atoms with van der Waals surface area (Å²) in [6.07, 6.45) is 0.0596. The van der Waals surface area contributed by atoms with Crippen molar-refractivity contribution in [2.75, 3.05) is 14.2 Å². The van der Waals surface area contributed by atoms with Crippen LogP contribution in [0.25, 0.3) is 0 Å². The maximum absolute atomic E-state index is 12.4. The quantitative estimate of drug-likeness (QED) is 0.585. The Labute approximate surface area is 144 Å². The minimum Gasteiger partial charge on any atom is -0.497 e. The highest BCUT2D eigenvalue weighted by Gasteiger charge is 2.27.